The summed E-state index contributed by atoms with van der Waals surface area (Å²) in [5.41, 5.74) is 0.696. The van der Waals surface area contributed by atoms with Gasteiger partial charge in [0, 0.05) is 31.5 Å². The van der Waals surface area contributed by atoms with Crippen molar-refractivity contribution in [1.29, 1.82) is 0 Å². The lowest BCUT2D eigenvalue weighted by Crippen LogP contribution is -2.12. The lowest BCUT2D eigenvalue weighted by Gasteiger charge is -2.09. The summed E-state index contributed by atoms with van der Waals surface area (Å²) in [6, 6.07) is 4.63. The fourth-order valence-corrected chi connectivity index (χ4v) is 1.45. The van der Waals surface area contributed by atoms with Crippen LogP contribution in [0.2, 0.25) is 0 Å². The first kappa shape index (κ1) is 15.2. The van der Waals surface area contributed by atoms with E-state index >= 15 is 0 Å². The fourth-order valence-electron chi connectivity index (χ4n) is 1.45. The van der Waals surface area contributed by atoms with Gasteiger partial charge in [0.15, 0.2) is 5.75 Å². The molecule has 0 radical (unpaired) electrons. The molecule has 0 aliphatic heterocycles. The SMILES string of the molecule is COCCOCCNc1ccc([N+](=O)[O-])c(OC)c1. The zero-order valence-electron chi connectivity index (χ0n) is 11.0. The second kappa shape index (κ2) is 8.28. The third-order valence-electron chi connectivity index (χ3n) is 2.38. The van der Waals surface area contributed by atoms with Crippen molar-refractivity contribution in [2.75, 3.05) is 45.9 Å². The van der Waals surface area contributed by atoms with Crippen molar-refractivity contribution in [3.05, 3.63) is 28.3 Å². The van der Waals surface area contributed by atoms with Gasteiger partial charge in [0.05, 0.1) is 31.9 Å². The van der Waals surface area contributed by atoms with Crippen LogP contribution in [0.5, 0.6) is 5.75 Å². The minimum atomic E-state index is -0.476. The smallest absolute Gasteiger partial charge is 0.311 e. The summed E-state index contributed by atoms with van der Waals surface area (Å²) < 4.78 is 15.1. The lowest BCUT2D eigenvalue weighted by molar-refractivity contribution is -0.385. The number of ether oxygens (including phenoxy) is 3. The third-order valence-corrected chi connectivity index (χ3v) is 2.38. The summed E-state index contributed by atoms with van der Waals surface area (Å²) in [5.74, 6) is 0.232. The highest BCUT2D eigenvalue weighted by atomic mass is 16.6. The van der Waals surface area contributed by atoms with Crippen molar-refractivity contribution in [3.63, 3.8) is 0 Å². The molecule has 0 amide bonds. The third kappa shape index (κ3) is 5.11. The van der Waals surface area contributed by atoms with E-state index < -0.39 is 4.92 Å². The molecule has 0 bridgehead atoms. The summed E-state index contributed by atoms with van der Waals surface area (Å²) in [5, 5.41) is 13.8. The highest BCUT2D eigenvalue weighted by Crippen LogP contribution is 2.29. The van der Waals surface area contributed by atoms with Gasteiger partial charge in [0.2, 0.25) is 0 Å². The van der Waals surface area contributed by atoms with Crippen molar-refractivity contribution < 1.29 is 19.1 Å². The molecule has 0 fully saturated rings. The maximum Gasteiger partial charge on any atom is 0.311 e. The monoisotopic (exact) mass is 270 g/mol. The number of hydrogen-bond acceptors (Lipinski definition) is 6. The Kier molecular flexibility index (Phi) is 6.62. The number of benzene rings is 1. The maximum atomic E-state index is 10.7. The second-order valence-corrected chi connectivity index (χ2v) is 3.68. The van der Waals surface area contributed by atoms with Crippen LogP contribution < -0.4 is 10.1 Å². The van der Waals surface area contributed by atoms with Crippen molar-refractivity contribution in [1.82, 2.24) is 0 Å². The number of rotatable bonds is 9. The summed E-state index contributed by atoms with van der Waals surface area (Å²) >= 11 is 0. The van der Waals surface area contributed by atoms with Crippen LogP contribution >= 0.6 is 0 Å². The van der Waals surface area contributed by atoms with Crippen LogP contribution in [0.25, 0.3) is 0 Å². The van der Waals surface area contributed by atoms with Gasteiger partial charge in [-0.2, -0.15) is 0 Å². The van der Waals surface area contributed by atoms with E-state index in [4.69, 9.17) is 14.2 Å². The minimum Gasteiger partial charge on any atom is -0.490 e. The van der Waals surface area contributed by atoms with Crippen molar-refractivity contribution in [2.24, 2.45) is 0 Å². The van der Waals surface area contributed by atoms with Gasteiger partial charge in [0.1, 0.15) is 0 Å². The zero-order chi connectivity index (χ0) is 14.1. The standard InChI is InChI=1S/C12H18N2O5/c1-17-7-8-19-6-5-13-10-3-4-11(14(15)16)12(9-10)18-2/h3-4,9,13H,5-8H2,1-2H3. The summed E-state index contributed by atoms with van der Waals surface area (Å²) in [6.45, 7) is 2.24. The van der Waals surface area contributed by atoms with E-state index in [1.54, 1.807) is 19.2 Å². The molecular weight excluding hydrogens is 252 g/mol. The highest BCUT2D eigenvalue weighted by molar-refractivity contribution is 5.57. The first-order valence-corrected chi connectivity index (χ1v) is 5.82. The molecule has 0 aromatic heterocycles. The van der Waals surface area contributed by atoms with Crippen molar-refractivity contribution >= 4 is 11.4 Å². The Labute approximate surface area is 111 Å². The van der Waals surface area contributed by atoms with Crippen LogP contribution in [-0.2, 0) is 9.47 Å². The van der Waals surface area contributed by atoms with Crippen molar-refractivity contribution in [2.45, 2.75) is 0 Å². The average molecular weight is 270 g/mol. The van der Waals surface area contributed by atoms with Gasteiger partial charge in [-0.15, -0.1) is 0 Å². The molecule has 0 spiro atoms. The van der Waals surface area contributed by atoms with E-state index in [1.165, 1.54) is 13.2 Å². The van der Waals surface area contributed by atoms with Crippen LogP contribution in [0.3, 0.4) is 0 Å². The molecule has 106 valence electrons. The minimum absolute atomic E-state index is 0.0515. The molecule has 0 saturated carbocycles. The van der Waals surface area contributed by atoms with Gasteiger partial charge in [0.25, 0.3) is 0 Å². The van der Waals surface area contributed by atoms with Crippen LogP contribution in [0, 0.1) is 10.1 Å². The van der Waals surface area contributed by atoms with Gasteiger partial charge in [-0.25, -0.2) is 0 Å². The maximum absolute atomic E-state index is 10.7. The molecule has 7 nitrogen and oxygen atoms in total. The normalized spacial score (nSPS) is 10.2. The summed E-state index contributed by atoms with van der Waals surface area (Å²) in [4.78, 5) is 10.3. The van der Waals surface area contributed by atoms with E-state index in [-0.39, 0.29) is 11.4 Å². The van der Waals surface area contributed by atoms with Crippen molar-refractivity contribution in [3.8, 4) is 5.75 Å². The van der Waals surface area contributed by atoms with E-state index in [0.29, 0.717) is 26.4 Å². The van der Waals surface area contributed by atoms with Crippen LogP contribution in [0.15, 0.2) is 18.2 Å². The van der Waals surface area contributed by atoms with Gasteiger partial charge < -0.3 is 19.5 Å². The Morgan fingerprint density at radius 3 is 2.68 bits per heavy atom. The number of hydrogen-bond donors (Lipinski definition) is 1. The molecular formula is C12H18N2O5. The van der Waals surface area contributed by atoms with E-state index in [9.17, 15) is 10.1 Å². The molecule has 0 heterocycles. The second-order valence-electron chi connectivity index (χ2n) is 3.68. The number of nitro benzene ring substituents is 1. The Balaban J connectivity index is 2.44. The summed E-state index contributed by atoms with van der Waals surface area (Å²) in [7, 11) is 3.02. The predicted molar refractivity (Wildman–Crippen MR) is 70.8 cm³/mol. The Hall–Kier alpha value is -1.86. The topological polar surface area (TPSA) is 82.9 Å². The first-order chi connectivity index (χ1) is 9.19. The van der Waals surface area contributed by atoms with E-state index in [0.717, 1.165) is 5.69 Å². The van der Waals surface area contributed by atoms with Gasteiger partial charge in [-0.1, -0.05) is 0 Å². The molecule has 1 aromatic carbocycles. The van der Waals surface area contributed by atoms with E-state index in [1.807, 2.05) is 0 Å². The van der Waals surface area contributed by atoms with Crippen LogP contribution in [0.4, 0.5) is 11.4 Å². The molecule has 1 rings (SSSR count). The largest absolute Gasteiger partial charge is 0.490 e. The molecule has 7 heteroatoms. The fraction of sp³-hybridized carbons (Fsp3) is 0.500. The van der Waals surface area contributed by atoms with E-state index in [2.05, 4.69) is 5.32 Å². The number of nitro groups is 1. The average Bonchev–Trinajstić information content (AvgIpc) is 2.42. The molecule has 19 heavy (non-hydrogen) atoms. The molecule has 1 aromatic rings. The lowest BCUT2D eigenvalue weighted by atomic mass is 10.2. The Morgan fingerprint density at radius 2 is 2.05 bits per heavy atom. The predicted octanol–water partition coefficient (Wildman–Crippen LogP) is 1.68. The molecule has 0 aliphatic carbocycles. The molecule has 0 unspecified atom stereocenters. The molecule has 1 N–H and O–H groups in total. The van der Waals surface area contributed by atoms with Gasteiger partial charge in [-0.05, 0) is 6.07 Å². The zero-order valence-corrected chi connectivity index (χ0v) is 11.0. The molecule has 0 atom stereocenters. The number of anilines is 1. The van der Waals surface area contributed by atoms with Gasteiger partial charge in [-0.3, -0.25) is 10.1 Å². The number of nitrogens with zero attached hydrogens (tertiary/aromatic N) is 1. The molecule has 0 saturated heterocycles. The van der Waals surface area contributed by atoms with Crippen LogP contribution in [-0.4, -0.2) is 45.5 Å². The molecule has 0 aliphatic rings. The highest BCUT2D eigenvalue weighted by Gasteiger charge is 2.14. The number of nitrogens with one attached hydrogen (secondary N) is 1. The Bertz CT molecular complexity index is 411. The van der Waals surface area contributed by atoms with Crippen LogP contribution in [0.1, 0.15) is 0 Å². The summed E-state index contributed by atoms with van der Waals surface area (Å²) in [6.07, 6.45) is 0. The van der Waals surface area contributed by atoms with Gasteiger partial charge >= 0.3 is 5.69 Å². The number of methoxy groups -OCH3 is 2. The Morgan fingerprint density at radius 1 is 1.26 bits per heavy atom. The first-order valence-electron chi connectivity index (χ1n) is 5.82. The quantitative estimate of drug-likeness (QED) is 0.417.